The standard InChI is InChI=1S/C17H22ClN3.C13H12/c1-2-3-8-20-9-11-21(12-10-20)17-6-7-19-16-13-14(18)4-5-15(16)17;1-3-7-12(8-4-1)11-13-9-5-2-6-10-13/h4-7,13H,2-3,8-12H2,1H3;1-10H,11H2. The molecule has 1 saturated heterocycles. The van der Waals surface area contributed by atoms with Gasteiger partial charge in [-0.05, 0) is 54.8 Å². The Kier molecular flexibility index (Phi) is 8.95. The van der Waals surface area contributed by atoms with E-state index in [0.29, 0.717) is 0 Å². The molecule has 2 heterocycles. The fourth-order valence-electron chi connectivity index (χ4n) is 4.40. The Balaban J connectivity index is 0.000000180. The summed E-state index contributed by atoms with van der Waals surface area (Å²) in [7, 11) is 0. The van der Waals surface area contributed by atoms with E-state index in [1.165, 1.54) is 41.6 Å². The minimum absolute atomic E-state index is 0.747. The molecular formula is C30H34ClN3. The highest BCUT2D eigenvalue weighted by Gasteiger charge is 2.18. The first-order valence-electron chi connectivity index (χ1n) is 12.3. The van der Waals surface area contributed by atoms with E-state index in [4.69, 9.17) is 11.6 Å². The van der Waals surface area contributed by atoms with E-state index in [1.54, 1.807) is 0 Å². The summed E-state index contributed by atoms with van der Waals surface area (Å²) in [6, 6.07) is 29.2. The smallest absolute Gasteiger partial charge is 0.0737 e. The maximum absolute atomic E-state index is 6.06. The van der Waals surface area contributed by atoms with Crippen LogP contribution in [0, 0.1) is 0 Å². The number of pyridine rings is 1. The van der Waals surface area contributed by atoms with Gasteiger partial charge >= 0.3 is 0 Å². The molecule has 34 heavy (non-hydrogen) atoms. The number of benzene rings is 3. The molecule has 0 saturated carbocycles. The Labute approximate surface area is 209 Å². The lowest BCUT2D eigenvalue weighted by atomic mass is 10.1. The predicted molar refractivity (Wildman–Crippen MR) is 146 cm³/mol. The minimum Gasteiger partial charge on any atom is -0.368 e. The van der Waals surface area contributed by atoms with E-state index in [2.05, 4.69) is 94.5 Å². The molecule has 0 atom stereocenters. The van der Waals surface area contributed by atoms with Gasteiger partial charge in [0, 0.05) is 48.5 Å². The highest BCUT2D eigenvalue weighted by molar-refractivity contribution is 6.31. The predicted octanol–water partition coefficient (Wildman–Crippen LogP) is 7.09. The van der Waals surface area contributed by atoms with E-state index in [-0.39, 0.29) is 0 Å². The van der Waals surface area contributed by atoms with Gasteiger partial charge in [0.25, 0.3) is 0 Å². The van der Waals surface area contributed by atoms with Crippen molar-refractivity contribution in [2.24, 2.45) is 0 Å². The molecule has 0 unspecified atom stereocenters. The fourth-order valence-corrected chi connectivity index (χ4v) is 4.57. The number of aromatic nitrogens is 1. The molecule has 3 nitrogen and oxygen atoms in total. The average Bonchev–Trinajstić information content (AvgIpc) is 2.89. The van der Waals surface area contributed by atoms with Gasteiger partial charge < -0.3 is 4.90 Å². The van der Waals surface area contributed by atoms with Crippen LogP contribution < -0.4 is 4.90 Å². The zero-order valence-electron chi connectivity index (χ0n) is 20.0. The maximum atomic E-state index is 6.06. The molecule has 0 radical (unpaired) electrons. The molecule has 0 aliphatic carbocycles. The van der Waals surface area contributed by atoms with Crippen molar-refractivity contribution in [3.8, 4) is 0 Å². The lowest BCUT2D eigenvalue weighted by Crippen LogP contribution is -2.46. The summed E-state index contributed by atoms with van der Waals surface area (Å²) < 4.78 is 0. The van der Waals surface area contributed by atoms with Crippen LogP contribution in [0.25, 0.3) is 10.9 Å². The van der Waals surface area contributed by atoms with Crippen molar-refractivity contribution < 1.29 is 0 Å². The van der Waals surface area contributed by atoms with Gasteiger partial charge in [-0.25, -0.2) is 0 Å². The molecule has 0 amide bonds. The van der Waals surface area contributed by atoms with Crippen LogP contribution in [0.1, 0.15) is 30.9 Å². The quantitative estimate of drug-likeness (QED) is 0.299. The molecule has 0 bridgehead atoms. The monoisotopic (exact) mass is 471 g/mol. The number of hydrogen-bond acceptors (Lipinski definition) is 3. The van der Waals surface area contributed by atoms with Crippen LogP contribution in [0.3, 0.4) is 0 Å². The maximum Gasteiger partial charge on any atom is 0.0737 e. The van der Waals surface area contributed by atoms with Crippen molar-refractivity contribution in [1.82, 2.24) is 9.88 Å². The third kappa shape index (κ3) is 6.82. The largest absolute Gasteiger partial charge is 0.368 e. The Bertz CT molecular complexity index is 1100. The first-order valence-corrected chi connectivity index (χ1v) is 12.7. The van der Waals surface area contributed by atoms with Crippen LogP contribution in [0.4, 0.5) is 5.69 Å². The van der Waals surface area contributed by atoms with Crippen LogP contribution >= 0.6 is 11.6 Å². The van der Waals surface area contributed by atoms with Crippen LogP contribution in [-0.4, -0.2) is 42.6 Å². The molecule has 176 valence electrons. The number of halogens is 1. The molecule has 0 spiro atoms. The second kappa shape index (κ2) is 12.5. The fraction of sp³-hybridized carbons (Fsp3) is 0.300. The van der Waals surface area contributed by atoms with Gasteiger partial charge in [0.15, 0.2) is 0 Å². The number of hydrogen-bond donors (Lipinski definition) is 0. The van der Waals surface area contributed by atoms with Gasteiger partial charge in [-0.3, -0.25) is 9.88 Å². The van der Waals surface area contributed by atoms with Crippen molar-refractivity contribution in [3.05, 3.63) is 107 Å². The van der Waals surface area contributed by atoms with E-state index in [1.807, 2.05) is 18.3 Å². The van der Waals surface area contributed by atoms with Crippen molar-refractivity contribution >= 4 is 28.2 Å². The van der Waals surface area contributed by atoms with Gasteiger partial charge in [-0.15, -0.1) is 0 Å². The Hall–Kier alpha value is -2.88. The molecule has 1 fully saturated rings. The van der Waals surface area contributed by atoms with Crippen molar-refractivity contribution in [3.63, 3.8) is 0 Å². The summed E-state index contributed by atoms with van der Waals surface area (Å²) in [6.07, 6.45) is 5.49. The average molecular weight is 472 g/mol. The Morgan fingerprint density at radius 1 is 0.794 bits per heavy atom. The molecule has 4 heteroatoms. The third-order valence-corrected chi connectivity index (χ3v) is 6.55. The summed E-state index contributed by atoms with van der Waals surface area (Å²) in [5, 5.41) is 1.94. The van der Waals surface area contributed by atoms with Crippen LogP contribution in [-0.2, 0) is 6.42 Å². The minimum atomic E-state index is 0.747. The molecule has 1 aromatic heterocycles. The Morgan fingerprint density at radius 2 is 1.44 bits per heavy atom. The molecular weight excluding hydrogens is 438 g/mol. The normalized spacial score (nSPS) is 14.0. The van der Waals surface area contributed by atoms with Crippen LogP contribution in [0.15, 0.2) is 91.1 Å². The number of piperazine rings is 1. The molecule has 3 aromatic carbocycles. The summed E-state index contributed by atoms with van der Waals surface area (Å²) >= 11 is 6.06. The first-order chi connectivity index (χ1) is 16.7. The highest BCUT2D eigenvalue weighted by atomic mass is 35.5. The summed E-state index contributed by atoms with van der Waals surface area (Å²) in [5.41, 5.74) is 5.00. The number of anilines is 1. The summed E-state index contributed by atoms with van der Waals surface area (Å²) in [6.45, 7) is 7.97. The van der Waals surface area contributed by atoms with Gasteiger partial charge in [0.2, 0.25) is 0 Å². The molecule has 1 aliphatic rings. The number of unbranched alkanes of at least 4 members (excludes halogenated alkanes) is 1. The summed E-state index contributed by atoms with van der Waals surface area (Å²) in [4.78, 5) is 9.47. The lowest BCUT2D eigenvalue weighted by Gasteiger charge is -2.36. The molecule has 1 aliphatic heterocycles. The lowest BCUT2D eigenvalue weighted by molar-refractivity contribution is 0.254. The van der Waals surface area contributed by atoms with E-state index < -0.39 is 0 Å². The SMILES string of the molecule is CCCCN1CCN(c2ccnc3cc(Cl)ccc23)CC1.c1ccc(Cc2ccccc2)cc1. The zero-order valence-corrected chi connectivity index (χ0v) is 20.8. The van der Waals surface area contributed by atoms with Gasteiger partial charge in [-0.1, -0.05) is 85.6 Å². The van der Waals surface area contributed by atoms with Gasteiger partial charge in [0.1, 0.15) is 0 Å². The molecule has 4 aromatic rings. The molecule has 5 rings (SSSR count). The van der Waals surface area contributed by atoms with Crippen molar-refractivity contribution in [2.45, 2.75) is 26.2 Å². The highest BCUT2D eigenvalue weighted by Crippen LogP contribution is 2.28. The van der Waals surface area contributed by atoms with Gasteiger partial charge in [0.05, 0.1) is 5.52 Å². The molecule has 0 N–H and O–H groups in total. The van der Waals surface area contributed by atoms with Crippen molar-refractivity contribution in [1.29, 1.82) is 0 Å². The second-order valence-electron chi connectivity index (χ2n) is 8.82. The van der Waals surface area contributed by atoms with E-state index in [0.717, 1.165) is 43.1 Å². The number of nitrogens with zero attached hydrogens (tertiary/aromatic N) is 3. The van der Waals surface area contributed by atoms with Gasteiger partial charge in [-0.2, -0.15) is 0 Å². The van der Waals surface area contributed by atoms with E-state index >= 15 is 0 Å². The van der Waals surface area contributed by atoms with Crippen LogP contribution in [0.5, 0.6) is 0 Å². The van der Waals surface area contributed by atoms with E-state index in [9.17, 15) is 0 Å². The summed E-state index contributed by atoms with van der Waals surface area (Å²) in [5.74, 6) is 0. The number of fused-ring (bicyclic) bond motifs is 1. The third-order valence-electron chi connectivity index (χ3n) is 6.32. The van der Waals surface area contributed by atoms with Crippen molar-refractivity contribution in [2.75, 3.05) is 37.6 Å². The second-order valence-corrected chi connectivity index (χ2v) is 9.26. The zero-order chi connectivity index (χ0) is 23.6. The Morgan fingerprint density at radius 3 is 2.06 bits per heavy atom. The van der Waals surface area contributed by atoms with Crippen LogP contribution in [0.2, 0.25) is 5.02 Å². The first kappa shape index (κ1) is 24.3. The topological polar surface area (TPSA) is 19.4 Å². The number of rotatable bonds is 6.